The number of benzene rings is 2. The first-order valence-electron chi connectivity index (χ1n) is 6.18. The Morgan fingerprint density at radius 1 is 0.640 bits per heavy atom. The van der Waals surface area contributed by atoms with E-state index < -0.39 is 37.1 Å². The Balaban J connectivity index is 2.01. The SMILES string of the molecule is O=C([O][Pb][O]C(=O)c1ccc(Cl)c(Cl)c1Cl)c1ccc(Cl)c(Cl)c1Cl. The van der Waals surface area contributed by atoms with Crippen molar-refractivity contribution in [2.45, 2.75) is 0 Å². The normalized spacial score (nSPS) is 10.5. The van der Waals surface area contributed by atoms with Crippen LogP contribution >= 0.6 is 69.6 Å². The average Bonchev–Trinajstić information content (AvgIpc) is 2.57. The summed E-state index contributed by atoms with van der Waals surface area (Å²) in [6.07, 6.45) is 0. The first-order chi connectivity index (χ1) is 11.7. The van der Waals surface area contributed by atoms with Gasteiger partial charge in [-0.1, -0.05) is 0 Å². The molecule has 0 atom stereocenters. The molecule has 0 spiro atoms. The molecule has 25 heavy (non-hydrogen) atoms. The van der Waals surface area contributed by atoms with Crippen LogP contribution in [-0.4, -0.2) is 37.1 Å². The first-order valence-corrected chi connectivity index (χ1v) is 11.6. The van der Waals surface area contributed by atoms with Crippen molar-refractivity contribution in [3.8, 4) is 0 Å². The van der Waals surface area contributed by atoms with Crippen LogP contribution < -0.4 is 0 Å². The van der Waals surface area contributed by atoms with E-state index >= 15 is 0 Å². The number of carbonyl (C=O) groups is 2. The van der Waals surface area contributed by atoms with Gasteiger partial charge in [0, 0.05) is 0 Å². The maximum atomic E-state index is 12.0. The maximum absolute atomic E-state index is 12.0. The molecule has 0 unspecified atom stereocenters. The minimum atomic E-state index is -2.55. The molecular formula is C14H4Cl6O4Pb. The van der Waals surface area contributed by atoms with Crippen molar-refractivity contribution in [3.05, 3.63) is 65.5 Å². The van der Waals surface area contributed by atoms with E-state index in [4.69, 9.17) is 75.0 Å². The Labute approximate surface area is 185 Å². The molecule has 2 aromatic carbocycles. The Morgan fingerprint density at radius 2 is 1.00 bits per heavy atom. The summed E-state index contributed by atoms with van der Waals surface area (Å²) in [5.41, 5.74) is 0.0411. The van der Waals surface area contributed by atoms with E-state index in [2.05, 4.69) is 0 Å². The topological polar surface area (TPSA) is 52.6 Å². The number of hydrogen-bond acceptors (Lipinski definition) is 4. The molecule has 0 amide bonds. The number of hydrogen-bond donors (Lipinski definition) is 0. The number of carbonyl (C=O) groups excluding carboxylic acids is 2. The quantitative estimate of drug-likeness (QED) is 0.293. The van der Waals surface area contributed by atoms with Crippen LogP contribution in [0.15, 0.2) is 24.3 Å². The average molecular weight is 656 g/mol. The van der Waals surface area contributed by atoms with Gasteiger partial charge in [0.15, 0.2) is 0 Å². The van der Waals surface area contributed by atoms with Gasteiger partial charge in [-0.05, 0) is 0 Å². The van der Waals surface area contributed by atoms with Gasteiger partial charge in [0.1, 0.15) is 0 Å². The molecule has 11 heteroatoms. The first kappa shape index (κ1) is 21.3. The summed E-state index contributed by atoms with van der Waals surface area (Å²) in [5.74, 6) is -1.53. The molecule has 0 bridgehead atoms. The molecule has 0 heterocycles. The monoisotopic (exact) mass is 654 g/mol. The molecular weight excluding hydrogens is 652 g/mol. The predicted molar refractivity (Wildman–Crippen MR) is 99.5 cm³/mol. The fraction of sp³-hybridized carbons (Fsp3) is 0. The summed E-state index contributed by atoms with van der Waals surface area (Å²) in [6.45, 7) is 0. The molecule has 0 aliphatic carbocycles. The molecule has 130 valence electrons. The van der Waals surface area contributed by atoms with E-state index in [1.165, 1.54) is 24.3 Å². The van der Waals surface area contributed by atoms with Gasteiger partial charge in [0.05, 0.1) is 0 Å². The summed E-state index contributed by atoms with van der Waals surface area (Å²) in [6, 6.07) is 5.53. The van der Waals surface area contributed by atoms with E-state index in [1.54, 1.807) is 0 Å². The third kappa shape index (κ3) is 5.06. The van der Waals surface area contributed by atoms with Crippen molar-refractivity contribution in [1.82, 2.24) is 0 Å². The zero-order chi connectivity index (χ0) is 18.7. The summed E-state index contributed by atoms with van der Waals surface area (Å²) in [7, 11) is 0. The van der Waals surface area contributed by atoms with Gasteiger partial charge in [-0.3, -0.25) is 0 Å². The van der Waals surface area contributed by atoms with Gasteiger partial charge >= 0.3 is 187 Å². The van der Waals surface area contributed by atoms with Gasteiger partial charge in [0.25, 0.3) is 0 Å². The Morgan fingerprint density at radius 3 is 1.36 bits per heavy atom. The second-order valence-corrected chi connectivity index (χ2v) is 8.87. The molecule has 2 rings (SSSR count). The Kier molecular flexibility index (Phi) is 7.94. The van der Waals surface area contributed by atoms with Crippen LogP contribution in [0, 0.1) is 0 Å². The van der Waals surface area contributed by atoms with Crippen molar-refractivity contribution in [2.75, 3.05) is 0 Å². The number of rotatable bonds is 4. The molecule has 0 saturated carbocycles. The second-order valence-electron chi connectivity index (χ2n) is 4.31. The molecule has 0 aromatic heterocycles. The van der Waals surface area contributed by atoms with Crippen molar-refractivity contribution in [3.63, 3.8) is 0 Å². The summed E-state index contributed by atoms with van der Waals surface area (Å²) >= 11 is 32.6. The zero-order valence-corrected chi connectivity index (χ0v) is 20.1. The van der Waals surface area contributed by atoms with Gasteiger partial charge < -0.3 is 0 Å². The van der Waals surface area contributed by atoms with Crippen molar-refractivity contribution in [1.29, 1.82) is 0 Å². The van der Waals surface area contributed by atoms with Crippen LogP contribution in [0.4, 0.5) is 0 Å². The fourth-order valence-corrected chi connectivity index (χ4v) is 4.40. The van der Waals surface area contributed by atoms with Crippen LogP contribution in [0.25, 0.3) is 0 Å². The van der Waals surface area contributed by atoms with Crippen LogP contribution in [-0.2, 0) is 5.37 Å². The molecule has 0 aliphatic rings. The molecule has 0 saturated heterocycles. The molecule has 2 radical (unpaired) electrons. The van der Waals surface area contributed by atoms with E-state index in [0.29, 0.717) is 0 Å². The fourth-order valence-electron chi connectivity index (χ4n) is 1.57. The van der Waals surface area contributed by atoms with Gasteiger partial charge in [-0.15, -0.1) is 0 Å². The summed E-state index contributed by atoms with van der Waals surface area (Å²) in [4.78, 5) is 24.0. The Hall–Kier alpha value is 0.0421. The van der Waals surface area contributed by atoms with Crippen molar-refractivity contribution >= 4 is 107 Å². The molecule has 0 aliphatic heterocycles. The van der Waals surface area contributed by atoms with Crippen LogP contribution in [0.5, 0.6) is 0 Å². The summed E-state index contributed by atoms with van der Waals surface area (Å²) < 4.78 is 10.0. The van der Waals surface area contributed by atoms with E-state index in [9.17, 15) is 9.59 Å². The molecule has 4 nitrogen and oxygen atoms in total. The van der Waals surface area contributed by atoms with Gasteiger partial charge in [-0.2, -0.15) is 0 Å². The minimum absolute atomic E-state index is 0.0205. The van der Waals surface area contributed by atoms with Gasteiger partial charge in [-0.25, -0.2) is 0 Å². The number of halogens is 6. The van der Waals surface area contributed by atoms with Crippen LogP contribution in [0.2, 0.25) is 30.1 Å². The second kappa shape index (κ2) is 9.30. The molecule has 2 aromatic rings. The zero-order valence-electron chi connectivity index (χ0n) is 11.7. The molecule has 0 N–H and O–H groups in total. The van der Waals surface area contributed by atoms with Crippen LogP contribution in [0.1, 0.15) is 20.7 Å². The van der Waals surface area contributed by atoms with E-state index in [1.807, 2.05) is 0 Å². The third-order valence-corrected chi connectivity index (χ3v) is 7.46. The Bertz CT molecular complexity index is 788. The van der Waals surface area contributed by atoms with Crippen molar-refractivity contribution in [2.24, 2.45) is 0 Å². The summed E-state index contributed by atoms with van der Waals surface area (Å²) in [5, 5.41) is 0.386. The van der Waals surface area contributed by atoms with Gasteiger partial charge in [0.2, 0.25) is 0 Å². The van der Waals surface area contributed by atoms with Crippen molar-refractivity contribution < 1.29 is 15.0 Å². The molecule has 0 fully saturated rings. The standard InChI is InChI=1S/2C7H3Cl3O2.Pb/c2*8-4-2-1-3(7(11)12)5(9)6(4)10;/h2*1-2H,(H,11,12);/q;;+2/p-2. The third-order valence-electron chi connectivity index (χ3n) is 2.78. The predicted octanol–water partition coefficient (Wildman–Crippen LogP) is 6.16. The van der Waals surface area contributed by atoms with Crippen LogP contribution in [0.3, 0.4) is 0 Å². The van der Waals surface area contributed by atoms with E-state index in [0.717, 1.165) is 0 Å². The van der Waals surface area contributed by atoms with E-state index in [-0.39, 0.29) is 41.3 Å².